The fourth-order valence-electron chi connectivity index (χ4n) is 3.80. The maximum Gasteiger partial charge on any atom is 0.0642 e. The number of rotatable bonds is 3. The van der Waals surface area contributed by atoms with Gasteiger partial charge in [0.15, 0.2) is 0 Å². The lowest BCUT2D eigenvalue weighted by Gasteiger charge is -2.35. The van der Waals surface area contributed by atoms with Crippen LogP contribution in [0.15, 0.2) is 18.2 Å². The molecule has 0 aromatic heterocycles. The quantitative estimate of drug-likeness (QED) is 0.932. The number of benzene rings is 1. The topological polar surface area (TPSA) is 32.5 Å². The van der Waals surface area contributed by atoms with Crippen LogP contribution in [0.25, 0.3) is 0 Å². The molecule has 1 aliphatic carbocycles. The van der Waals surface area contributed by atoms with Crippen molar-refractivity contribution in [3.63, 3.8) is 0 Å². The van der Waals surface area contributed by atoms with Gasteiger partial charge in [0.05, 0.1) is 10.7 Å². The molecule has 1 saturated heterocycles. The Hall–Kier alpha value is -0.770. The van der Waals surface area contributed by atoms with Crippen molar-refractivity contribution in [3.8, 4) is 0 Å². The van der Waals surface area contributed by atoms with Gasteiger partial charge in [0.1, 0.15) is 0 Å². The Bertz CT molecular complexity index is 489. The van der Waals surface area contributed by atoms with Crippen LogP contribution in [0, 0.1) is 0 Å². The van der Waals surface area contributed by atoms with Gasteiger partial charge in [-0.25, -0.2) is 0 Å². The summed E-state index contributed by atoms with van der Waals surface area (Å²) >= 11 is 6.60. The third kappa shape index (κ3) is 2.92. The van der Waals surface area contributed by atoms with E-state index in [0.29, 0.717) is 0 Å². The Balaban J connectivity index is 1.83. The highest BCUT2D eigenvalue weighted by Crippen LogP contribution is 2.42. The normalized spacial score (nSPS) is 22.7. The molecule has 0 radical (unpaired) electrons. The summed E-state index contributed by atoms with van der Waals surface area (Å²) in [5.41, 5.74) is 8.78. The van der Waals surface area contributed by atoms with Gasteiger partial charge in [-0.2, -0.15) is 0 Å². The molecule has 2 N–H and O–H groups in total. The predicted molar refractivity (Wildman–Crippen MR) is 90.4 cm³/mol. The van der Waals surface area contributed by atoms with E-state index in [2.05, 4.69) is 35.0 Å². The Morgan fingerprint density at radius 3 is 2.38 bits per heavy atom. The molecule has 4 heteroatoms. The lowest BCUT2D eigenvalue weighted by atomic mass is 9.79. The number of halogens is 1. The number of hydrogen-bond acceptors (Lipinski definition) is 3. The smallest absolute Gasteiger partial charge is 0.0642 e. The Morgan fingerprint density at radius 1 is 1.14 bits per heavy atom. The molecule has 3 rings (SSSR count). The van der Waals surface area contributed by atoms with E-state index in [9.17, 15) is 0 Å². The van der Waals surface area contributed by atoms with Crippen LogP contribution >= 0.6 is 11.6 Å². The molecule has 1 aromatic carbocycles. The van der Waals surface area contributed by atoms with Crippen molar-refractivity contribution in [2.24, 2.45) is 5.73 Å². The maximum atomic E-state index is 6.60. The van der Waals surface area contributed by atoms with Crippen LogP contribution in [0.4, 0.5) is 5.69 Å². The summed E-state index contributed by atoms with van der Waals surface area (Å²) in [7, 11) is 2.17. The van der Waals surface area contributed by atoms with Crippen LogP contribution in [0.1, 0.15) is 31.2 Å². The molecular formula is C17H26ClN3. The van der Waals surface area contributed by atoms with Gasteiger partial charge in [-0.05, 0) is 37.6 Å². The second-order valence-corrected chi connectivity index (χ2v) is 7.06. The highest BCUT2D eigenvalue weighted by molar-refractivity contribution is 6.33. The van der Waals surface area contributed by atoms with Crippen LogP contribution in [-0.2, 0) is 5.41 Å². The van der Waals surface area contributed by atoms with Crippen molar-refractivity contribution < 1.29 is 0 Å². The minimum Gasteiger partial charge on any atom is -0.368 e. The molecule has 1 aliphatic heterocycles. The largest absolute Gasteiger partial charge is 0.368 e. The molecule has 116 valence electrons. The summed E-state index contributed by atoms with van der Waals surface area (Å²) in [4.78, 5) is 4.76. The molecule has 0 spiro atoms. The summed E-state index contributed by atoms with van der Waals surface area (Å²) in [6, 6.07) is 6.64. The minimum atomic E-state index is 0.171. The average molecular weight is 308 g/mol. The van der Waals surface area contributed by atoms with E-state index in [-0.39, 0.29) is 5.41 Å². The van der Waals surface area contributed by atoms with Crippen molar-refractivity contribution in [3.05, 3.63) is 28.8 Å². The number of nitrogens with zero attached hydrogens (tertiary/aromatic N) is 2. The Labute approximate surface area is 133 Å². The summed E-state index contributed by atoms with van der Waals surface area (Å²) in [5, 5.41) is 0.886. The van der Waals surface area contributed by atoms with E-state index in [1.807, 2.05) is 0 Å². The fraction of sp³-hybridized carbons (Fsp3) is 0.647. The Kier molecular flexibility index (Phi) is 4.43. The second kappa shape index (κ2) is 6.15. The van der Waals surface area contributed by atoms with Gasteiger partial charge >= 0.3 is 0 Å². The SMILES string of the molecule is CN1CCN(c2ccc(C3(CN)CCCC3)cc2Cl)CC1. The van der Waals surface area contributed by atoms with Gasteiger partial charge in [0, 0.05) is 38.1 Å². The first-order valence-corrected chi connectivity index (χ1v) is 8.46. The van der Waals surface area contributed by atoms with Gasteiger partial charge in [0.25, 0.3) is 0 Å². The highest BCUT2D eigenvalue weighted by Gasteiger charge is 2.34. The van der Waals surface area contributed by atoms with E-state index in [1.165, 1.54) is 36.9 Å². The molecule has 1 aromatic rings. The van der Waals surface area contributed by atoms with Gasteiger partial charge in [-0.15, -0.1) is 0 Å². The van der Waals surface area contributed by atoms with Crippen molar-refractivity contribution in [1.82, 2.24) is 4.90 Å². The van der Waals surface area contributed by atoms with E-state index in [1.54, 1.807) is 0 Å². The zero-order valence-corrected chi connectivity index (χ0v) is 13.7. The zero-order chi connectivity index (χ0) is 14.9. The number of anilines is 1. The van der Waals surface area contributed by atoms with E-state index < -0.39 is 0 Å². The van der Waals surface area contributed by atoms with Crippen LogP contribution in [-0.4, -0.2) is 44.7 Å². The standard InChI is InChI=1S/C17H26ClN3/c1-20-8-10-21(11-9-20)16-5-4-14(12-15(16)18)17(13-19)6-2-3-7-17/h4-5,12H,2-3,6-11,13,19H2,1H3. The first kappa shape index (κ1) is 15.1. The van der Waals surface area contributed by atoms with Gasteiger partial charge in [-0.3, -0.25) is 0 Å². The number of piperazine rings is 1. The fourth-order valence-corrected chi connectivity index (χ4v) is 4.10. The molecular weight excluding hydrogens is 282 g/mol. The number of nitrogens with two attached hydrogens (primary N) is 1. The molecule has 21 heavy (non-hydrogen) atoms. The molecule has 1 saturated carbocycles. The zero-order valence-electron chi connectivity index (χ0n) is 12.9. The third-order valence-electron chi connectivity index (χ3n) is 5.36. The van der Waals surface area contributed by atoms with Gasteiger partial charge < -0.3 is 15.5 Å². The first-order chi connectivity index (χ1) is 10.1. The highest BCUT2D eigenvalue weighted by atomic mass is 35.5. The van der Waals surface area contributed by atoms with E-state index in [0.717, 1.165) is 37.7 Å². The summed E-state index contributed by atoms with van der Waals surface area (Å²) in [5.74, 6) is 0. The first-order valence-electron chi connectivity index (χ1n) is 8.08. The second-order valence-electron chi connectivity index (χ2n) is 6.65. The molecule has 2 fully saturated rings. The van der Waals surface area contributed by atoms with E-state index in [4.69, 9.17) is 17.3 Å². The molecule has 0 bridgehead atoms. The molecule has 2 aliphatic rings. The Morgan fingerprint density at radius 2 is 1.81 bits per heavy atom. The molecule has 3 nitrogen and oxygen atoms in total. The summed E-state index contributed by atoms with van der Waals surface area (Å²) in [6.45, 7) is 5.04. The van der Waals surface area contributed by atoms with Crippen molar-refractivity contribution in [1.29, 1.82) is 0 Å². The van der Waals surface area contributed by atoms with E-state index >= 15 is 0 Å². The molecule has 1 heterocycles. The predicted octanol–water partition coefficient (Wildman–Crippen LogP) is 2.86. The number of hydrogen-bond donors (Lipinski definition) is 1. The molecule has 0 atom stereocenters. The molecule has 0 amide bonds. The summed E-state index contributed by atoms with van der Waals surface area (Å²) < 4.78 is 0. The van der Waals surface area contributed by atoms with Gasteiger partial charge in [0.2, 0.25) is 0 Å². The maximum absolute atomic E-state index is 6.60. The van der Waals surface area contributed by atoms with Gasteiger partial charge in [-0.1, -0.05) is 30.5 Å². The number of likely N-dealkylation sites (N-methyl/N-ethyl adjacent to an activating group) is 1. The monoisotopic (exact) mass is 307 g/mol. The third-order valence-corrected chi connectivity index (χ3v) is 5.66. The van der Waals surface area contributed by atoms with Crippen molar-refractivity contribution in [2.75, 3.05) is 44.7 Å². The van der Waals surface area contributed by atoms with Crippen molar-refractivity contribution in [2.45, 2.75) is 31.1 Å². The summed E-state index contributed by atoms with van der Waals surface area (Å²) in [6.07, 6.45) is 4.98. The minimum absolute atomic E-state index is 0.171. The van der Waals surface area contributed by atoms with Crippen LogP contribution in [0.2, 0.25) is 5.02 Å². The lowest BCUT2D eigenvalue weighted by Crippen LogP contribution is -2.44. The van der Waals surface area contributed by atoms with Crippen LogP contribution in [0.5, 0.6) is 0 Å². The van der Waals surface area contributed by atoms with Crippen molar-refractivity contribution >= 4 is 17.3 Å². The van der Waals surface area contributed by atoms with Crippen LogP contribution < -0.4 is 10.6 Å². The lowest BCUT2D eigenvalue weighted by molar-refractivity contribution is 0.313. The van der Waals surface area contributed by atoms with Crippen LogP contribution in [0.3, 0.4) is 0 Å². The molecule has 0 unspecified atom stereocenters. The average Bonchev–Trinajstić information content (AvgIpc) is 2.98.